The van der Waals surface area contributed by atoms with Crippen molar-refractivity contribution in [3.8, 4) is 0 Å². The van der Waals surface area contributed by atoms with Gasteiger partial charge in [0.2, 0.25) is 0 Å². The summed E-state index contributed by atoms with van der Waals surface area (Å²) in [7, 11) is 0. The van der Waals surface area contributed by atoms with Crippen LogP contribution in [0.1, 0.15) is 13.8 Å². The third-order valence-electron chi connectivity index (χ3n) is 6.41. The third kappa shape index (κ3) is 9.05. The van der Waals surface area contributed by atoms with Crippen LogP contribution in [0.25, 0.3) is 21.5 Å². The SMILES string of the molecule is CCN(CC)c1ccc2c(c1)[cH-]c1ccccc12.[Cl-].[Cl-].[Zr+2]=[Si](c1ccccc1)c1ccccc1.c1cc[cH-]c1. The molecule has 0 aliphatic heterocycles. The minimum Gasteiger partial charge on any atom is -0.214 e. The first kappa shape index (κ1) is 32.8. The van der Waals surface area contributed by atoms with Gasteiger partial charge in [0, 0.05) is 18.8 Å². The van der Waals surface area contributed by atoms with Crippen molar-refractivity contribution >= 4 is 43.0 Å². The number of halogens is 2. The van der Waals surface area contributed by atoms with Crippen molar-refractivity contribution in [2.45, 2.75) is 13.8 Å². The van der Waals surface area contributed by atoms with Crippen molar-refractivity contribution in [1.29, 1.82) is 0 Å². The predicted molar refractivity (Wildman–Crippen MR) is 161 cm³/mol. The number of rotatable bonds is 5. The Morgan fingerprint density at radius 3 is 1.64 bits per heavy atom. The summed E-state index contributed by atoms with van der Waals surface area (Å²) in [5.41, 5.74) is 0.867. The summed E-state index contributed by atoms with van der Waals surface area (Å²) in [6, 6.07) is 49.4. The molecule has 6 aromatic rings. The van der Waals surface area contributed by atoms with Gasteiger partial charge in [-0.2, -0.15) is 18.2 Å². The first-order valence-electron chi connectivity index (χ1n) is 12.9. The molecule has 0 atom stereocenters. The Balaban J connectivity index is 0.000000227. The first-order chi connectivity index (χ1) is 18.2. The van der Waals surface area contributed by atoms with E-state index in [0.717, 1.165) is 13.1 Å². The van der Waals surface area contributed by atoms with Crippen LogP contribution in [-0.4, -0.2) is 18.5 Å². The van der Waals surface area contributed by atoms with E-state index in [9.17, 15) is 0 Å². The average molecular weight is 646 g/mol. The normalized spacial score (nSPS) is 9.74. The Labute approximate surface area is 260 Å². The first-order valence-corrected chi connectivity index (χ1v) is 18.1. The molecule has 0 unspecified atom stereocenters. The average Bonchev–Trinajstić information content (AvgIpc) is 3.67. The molecule has 0 aromatic heterocycles. The Bertz CT molecular complexity index is 1450. The Hall–Kier alpha value is -2.42. The van der Waals surface area contributed by atoms with Gasteiger partial charge in [0.05, 0.1) is 0 Å². The fourth-order valence-corrected chi connectivity index (χ4v) is 8.28. The smallest absolute Gasteiger partial charge is 0.172 e. The molecule has 6 aromatic carbocycles. The molecule has 0 bridgehead atoms. The third-order valence-corrected chi connectivity index (χ3v) is 12.5. The van der Waals surface area contributed by atoms with Crippen molar-refractivity contribution in [2.24, 2.45) is 0 Å². The summed E-state index contributed by atoms with van der Waals surface area (Å²) >= 11 is 1.64. The maximum absolute atomic E-state index is 2.39. The number of nitrogens with zero attached hydrogens (tertiary/aromatic N) is 1. The molecule has 0 spiro atoms. The monoisotopic (exact) mass is 643 g/mol. The summed E-state index contributed by atoms with van der Waals surface area (Å²) in [4.78, 5) is 2.39. The number of hydrogen-bond acceptors (Lipinski definition) is 1. The topological polar surface area (TPSA) is 3.24 Å². The summed E-state index contributed by atoms with van der Waals surface area (Å²) in [6.45, 7) is 6.52. The van der Waals surface area contributed by atoms with Gasteiger partial charge in [0.1, 0.15) is 0 Å². The van der Waals surface area contributed by atoms with E-state index in [1.807, 2.05) is 30.3 Å². The molecule has 6 rings (SSSR count). The van der Waals surface area contributed by atoms with Crippen LogP contribution in [0.15, 0.2) is 140 Å². The molecule has 1 nitrogen and oxygen atoms in total. The molecule has 0 saturated carbocycles. The summed E-state index contributed by atoms with van der Waals surface area (Å²) in [6.07, 6.45) is 0. The number of hydrogen-bond donors (Lipinski definition) is 0. The predicted octanol–water partition coefficient (Wildman–Crippen LogP) is 1.31. The van der Waals surface area contributed by atoms with E-state index in [1.54, 1.807) is 23.3 Å². The van der Waals surface area contributed by atoms with E-state index in [-0.39, 0.29) is 24.8 Å². The van der Waals surface area contributed by atoms with E-state index < -0.39 is 5.43 Å². The summed E-state index contributed by atoms with van der Waals surface area (Å²) in [5, 5.41) is 8.44. The fraction of sp³-hybridized carbons (Fsp3) is 0.118. The van der Waals surface area contributed by atoms with Crippen LogP contribution >= 0.6 is 0 Å². The van der Waals surface area contributed by atoms with E-state index in [0.29, 0.717) is 0 Å². The standard InChI is InChI=1S/C17H18N.C12H10Si.C5H5.2ClH.Zr/c1-3-18(4-2)15-9-10-17-14(12-15)11-13-7-5-6-8-16(13)17;1-3-7-11(8-4-1)13-12-9-5-2-6-10-12;1-2-4-5-3-1;;;/h5-12H,3-4H2,1-2H3;1-10H;1-5H;2*1H;/q-1;;-1;;;+2/p-2. The van der Waals surface area contributed by atoms with Crippen LogP contribution in [0, 0.1) is 0 Å². The van der Waals surface area contributed by atoms with Gasteiger partial charge in [-0.1, -0.05) is 36.4 Å². The van der Waals surface area contributed by atoms with Gasteiger partial charge in [-0.05, 0) is 13.8 Å². The van der Waals surface area contributed by atoms with E-state index in [1.165, 1.54) is 37.6 Å². The second kappa shape index (κ2) is 17.3. The second-order valence-electron chi connectivity index (χ2n) is 8.74. The van der Waals surface area contributed by atoms with Gasteiger partial charge >= 0.3 is 99.8 Å². The number of fused-ring (bicyclic) bond motifs is 3. The van der Waals surface area contributed by atoms with Gasteiger partial charge in [-0.25, -0.2) is 12.1 Å². The molecular formula is C34H33Cl2NSiZr-2. The van der Waals surface area contributed by atoms with Crippen molar-refractivity contribution in [2.75, 3.05) is 18.0 Å². The largest absolute Gasteiger partial charge is 0.214 e. The van der Waals surface area contributed by atoms with Gasteiger partial charge in [0.15, 0.2) is 0 Å². The van der Waals surface area contributed by atoms with Gasteiger partial charge in [0.25, 0.3) is 0 Å². The van der Waals surface area contributed by atoms with Crippen LogP contribution in [0.5, 0.6) is 0 Å². The van der Waals surface area contributed by atoms with Crippen LogP contribution in [0.2, 0.25) is 0 Å². The minimum atomic E-state index is -0.455. The molecule has 0 aliphatic rings. The van der Waals surface area contributed by atoms with Gasteiger partial charge in [-0.15, -0.1) is 33.7 Å². The van der Waals surface area contributed by atoms with E-state index in [4.69, 9.17) is 0 Å². The van der Waals surface area contributed by atoms with Crippen LogP contribution in [0.4, 0.5) is 5.69 Å². The van der Waals surface area contributed by atoms with Crippen LogP contribution in [0.3, 0.4) is 0 Å². The molecule has 0 N–H and O–H groups in total. The summed E-state index contributed by atoms with van der Waals surface area (Å²) in [5.74, 6) is 0. The van der Waals surface area contributed by atoms with Crippen molar-refractivity contribution in [3.63, 3.8) is 0 Å². The molecular weight excluding hydrogens is 613 g/mol. The van der Waals surface area contributed by atoms with Crippen LogP contribution in [-0.2, 0) is 23.3 Å². The molecule has 0 heterocycles. The van der Waals surface area contributed by atoms with Gasteiger partial charge in [-0.3, -0.25) is 0 Å². The Kier molecular flexibility index (Phi) is 14.6. The Morgan fingerprint density at radius 2 is 1.13 bits per heavy atom. The zero-order chi connectivity index (χ0) is 25.9. The van der Waals surface area contributed by atoms with E-state index in [2.05, 4.69) is 128 Å². The molecule has 198 valence electrons. The zero-order valence-corrected chi connectivity index (χ0v) is 27.4. The number of anilines is 1. The maximum atomic E-state index is 2.39. The Morgan fingerprint density at radius 1 is 0.615 bits per heavy atom. The minimum absolute atomic E-state index is 0. The van der Waals surface area contributed by atoms with Crippen molar-refractivity contribution in [1.82, 2.24) is 0 Å². The second-order valence-corrected chi connectivity index (χ2v) is 14.3. The molecule has 0 fully saturated rings. The zero-order valence-electron chi connectivity index (χ0n) is 22.4. The van der Waals surface area contributed by atoms with E-state index >= 15 is 0 Å². The molecule has 0 amide bonds. The fourth-order valence-electron chi connectivity index (χ4n) is 4.43. The molecule has 5 heteroatoms. The molecule has 0 saturated heterocycles. The molecule has 0 aliphatic carbocycles. The summed E-state index contributed by atoms with van der Waals surface area (Å²) < 4.78 is 0. The quantitative estimate of drug-likeness (QED) is 0.202. The molecule has 39 heavy (non-hydrogen) atoms. The maximum Gasteiger partial charge on any atom is -0.172 e. The van der Waals surface area contributed by atoms with Crippen LogP contribution < -0.4 is 40.1 Å². The van der Waals surface area contributed by atoms with Gasteiger partial charge < -0.3 is 29.7 Å². The number of benzene rings is 4. The van der Waals surface area contributed by atoms with Crippen molar-refractivity contribution in [3.05, 3.63) is 140 Å². The van der Waals surface area contributed by atoms with Crippen molar-refractivity contribution < 1.29 is 48.1 Å². The molecule has 0 radical (unpaired) electrons.